The number of carboxylic acid groups (broad SMARTS) is 1. The molecule has 0 atom stereocenters. The molecule has 0 fully saturated rings. The van der Waals surface area contributed by atoms with E-state index < -0.39 is 13.8 Å². The van der Waals surface area contributed by atoms with Crippen molar-refractivity contribution >= 4 is 43.3 Å². The third-order valence-corrected chi connectivity index (χ3v) is 4.33. The van der Waals surface area contributed by atoms with E-state index in [2.05, 4.69) is 20.8 Å². The average Bonchev–Trinajstić information content (AvgIpc) is 2.53. The summed E-state index contributed by atoms with van der Waals surface area (Å²) in [5, 5.41) is 8.38. The number of phosphoric ester groups is 1. The van der Waals surface area contributed by atoms with Crippen molar-refractivity contribution in [3.63, 3.8) is 0 Å². The number of phosphoric acid groups is 1. The number of hydrogen-bond donors (Lipinski definition) is 3. The van der Waals surface area contributed by atoms with E-state index in [1.165, 1.54) is 0 Å². The van der Waals surface area contributed by atoms with Crippen LogP contribution in [-0.4, -0.2) is 50.4 Å². The van der Waals surface area contributed by atoms with Gasteiger partial charge in [0.25, 0.3) is 0 Å². The van der Waals surface area contributed by atoms with Crippen molar-refractivity contribution in [3.05, 3.63) is 65.2 Å². The Labute approximate surface area is 194 Å². The first kappa shape index (κ1) is 27.9. The SMILES string of the molecule is CC(C)(C)c1ccc(OP(=O)(O)O)c(C(C)(C)C)c1.O=C(O)c1ccccc1.[NaH]. The summed E-state index contributed by atoms with van der Waals surface area (Å²) >= 11 is 0. The van der Waals surface area contributed by atoms with Gasteiger partial charge in [0, 0.05) is 5.56 Å². The van der Waals surface area contributed by atoms with Crippen LogP contribution < -0.4 is 4.52 Å². The van der Waals surface area contributed by atoms with Gasteiger partial charge in [-0.1, -0.05) is 71.9 Å². The fraction of sp³-hybridized carbons (Fsp3) is 0.381. The molecule has 0 aliphatic rings. The molecule has 0 bridgehead atoms. The topological polar surface area (TPSA) is 104 Å². The van der Waals surface area contributed by atoms with Crippen molar-refractivity contribution in [2.45, 2.75) is 52.4 Å². The van der Waals surface area contributed by atoms with E-state index in [4.69, 9.17) is 19.4 Å². The maximum absolute atomic E-state index is 11.0. The normalized spacial score (nSPS) is 11.6. The van der Waals surface area contributed by atoms with Crippen LogP contribution in [0.2, 0.25) is 0 Å². The molecule has 0 aliphatic carbocycles. The van der Waals surface area contributed by atoms with Crippen LogP contribution in [0, 0.1) is 0 Å². The van der Waals surface area contributed by atoms with Gasteiger partial charge in [-0.25, -0.2) is 9.36 Å². The first-order chi connectivity index (χ1) is 12.6. The van der Waals surface area contributed by atoms with Gasteiger partial charge < -0.3 is 9.63 Å². The molecule has 8 heteroatoms. The molecule has 0 unspecified atom stereocenters. The van der Waals surface area contributed by atoms with Crippen LogP contribution in [0.1, 0.15) is 63.0 Å². The van der Waals surface area contributed by atoms with Crippen molar-refractivity contribution in [1.82, 2.24) is 0 Å². The Morgan fingerprint density at radius 3 is 1.76 bits per heavy atom. The molecule has 0 saturated heterocycles. The number of rotatable bonds is 3. The predicted octanol–water partition coefficient (Wildman–Crippen LogP) is 4.49. The molecule has 0 radical (unpaired) electrons. The fourth-order valence-electron chi connectivity index (χ4n) is 2.37. The molecular weight excluding hydrogens is 402 g/mol. The van der Waals surface area contributed by atoms with E-state index in [1.54, 1.807) is 36.4 Å². The zero-order valence-corrected chi connectivity index (χ0v) is 18.0. The number of carbonyl (C=O) groups is 1. The monoisotopic (exact) mass is 432 g/mol. The van der Waals surface area contributed by atoms with Gasteiger partial charge in [-0.2, -0.15) is 0 Å². The van der Waals surface area contributed by atoms with Gasteiger partial charge in [-0.15, -0.1) is 0 Å². The van der Waals surface area contributed by atoms with Crippen molar-refractivity contribution < 1.29 is 28.8 Å². The Morgan fingerprint density at radius 2 is 1.41 bits per heavy atom. The quantitative estimate of drug-likeness (QED) is 0.488. The standard InChI is InChI=1S/C14H23O4P.C7H6O2.Na.H/c1-13(2,3)10-7-8-12(18-19(15,16)17)11(9-10)14(4,5)6;8-7(9)6-4-2-1-3-5-6;;/h7-9H,1-6H3,(H2,15,16,17);1-5H,(H,8,9);;. The maximum atomic E-state index is 11.0. The van der Waals surface area contributed by atoms with E-state index >= 15 is 0 Å². The summed E-state index contributed by atoms with van der Waals surface area (Å²) in [5.41, 5.74) is 1.95. The van der Waals surface area contributed by atoms with Crippen LogP contribution in [0.25, 0.3) is 0 Å². The van der Waals surface area contributed by atoms with Crippen molar-refractivity contribution in [1.29, 1.82) is 0 Å². The van der Waals surface area contributed by atoms with E-state index in [9.17, 15) is 9.36 Å². The first-order valence-corrected chi connectivity index (χ1v) is 10.3. The summed E-state index contributed by atoms with van der Waals surface area (Å²) < 4.78 is 15.8. The zero-order chi connectivity index (χ0) is 21.8. The molecule has 0 amide bonds. The van der Waals surface area contributed by atoms with Crippen LogP contribution in [0.4, 0.5) is 0 Å². The van der Waals surface area contributed by atoms with Crippen LogP contribution in [0.15, 0.2) is 48.5 Å². The second-order valence-electron chi connectivity index (χ2n) is 8.46. The fourth-order valence-corrected chi connectivity index (χ4v) is 2.79. The van der Waals surface area contributed by atoms with Crippen LogP contribution in [0.5, 0.6) is 5.75 Å². The molecule has 0 aliphatic heterocycles. The summed E-state index contributed by atoms with van der Waals surface area (Å²) in [4.78, 5) is 28.2. The van der Waals surface area contributed by atoms with Gasteiger partial charge >= 0.3 is 43.3 Å². The first-order valence-electron chi connectivity index (χ1n) is 8.80. The minimum absolute atomic E-state index is 0. The number of benzene rings is 2. The molecule has 0 spiro atoms. The molecule has 3 N–H and O–H groups in total. The third-order valence-electron chi connectivity index (χ3n) is 3.89. The molecular formula is C21H30NaO6P. The van der Waals surface area contributed by atoms with Gasteiger partial charge in [0.2, 0.25) is 0 Å². The van der Waals surface area contributed by atoms with Crippen molar-refractivity contribution in [3.8, 4) is 5.75 Å². The molecule has 156 valence electrons. The second kappa shape index (κ2) is 10.8. The Morgan fingerprint density at radius 1 is 0.897 bits per heavy atom. The summed E-state index contributed by atoms with van der Waals surface area (Å²) in [6.07, 6.45) is 0. The van der Waals surface area contributed by atoms with Gasteiger partial charge in [-0.3, -0.25) is 9.79 Å². The number of carboxylic acids is 1. The average molecular weight is 432 g/mol. The summed E-state index contributed by atoms with van der Waals surface area (Å²) in [7, 11) is -4.54. The van der Waals surface area contributed by atoms with E-state index in [0.29, 0.717) is 5.56 Å². The van der Waals surface area contributed by atoms with Crippen molar-refractivity contribution in [2.75, 3.05) is 0 Å². The van der Waals surface area contributed by atoms with E-state index in [0.717, 1.165) is 11.1 Å². The van der Waals surface area contributed by atoms with Gasteiger partial charge in [0.15, 0.2) is 0 Å². The summed E-state index contributed by atoms with van der Waals surface area (Å²) in [5.74, 6) is -0.635. The van der Waals surface area contributed by atoms with Gasteiger partial charge in [0.05, 0.1) is 5.56 Å². The Bertz CT molecular complexity index is 848. The Kier molecular flexibility index (Phi) is 10.3. The van der Waals surface area contributed by atoms with Crippen LogP contribution >= 0.6 is 7.82 Å². The third kappa shape index (κ3) is 9.94. The molecule has 2 aromatic rings. The Hall–Kier alpha value is -1.14. The minimum atomic E-state index is -4.54. The molecule has 2 aromatic carbocycles. The number of hydrogen-bond acceptors (Lipinski definition) is 3. The number of aromatic carboxylic acids is 1. The van der Waals surface area contributed by atoms with Gasteiger partial charge in [-0.05, 0) is 34.6 Å². The molecule has 0 aromatic heterocycles. The predicted molar refractivity (Wildman–Crippen MR) is 117 cm³/mol. The van der Waals surface area contributed by atoms with E-state index in [-0.39, 0.29) is 46.1 Å². The van der Waals surface area contributed by atoms with Gasteiger partial charge in [0.1, 0.15) is 5.75 Å². The molecule has 2 rings (SSSR count). The van der Waals surface area contributed by atoms with Crippen molar-refractivity contribution in [2.24, 2.45) is 0 Å². The second-order valence-corrected chi connectivity index (χ2v) is 9.63. The van der Waals surface area contributed by atoms with Crippen LogP contribution in [0.3, 0.4) is 0 Å². The Balaban J connectivity index is 0.000000658. The molecule has 6 nitrogen and oxygen atoms in total. The molecule has 29 heavy (non-hydrogen) atoms. The molecule has 0 saturated carbocycles. The zero-order valence-electron chi connectivity index (χ0n) is 17.1. The van der Waals surface area contributed by atoms with E-state index in [1.807, 2.05) is 32.9 Å². The molecule has 0 heterocycles. The van der Waals surface area contributed by atoms with Crippen LogP contribution in [-0.2, 0) is 15.4 Å². The summed E-state index contributed by atoms with van der Waals surface area (Å²) in [6, 6.07) is 13.7. The summed E-state index contributed by atoms with van der Waals surface area (Å²) in [6.45, 7) is 12.2.